The highest BCUT2D eigenvalue weighted by Gasteiger charge is 2.43. The summed E-state index contributed by atoms with van der Waals surface area (Å²) in [6, 6.07) is 0. The predicted molar refractivity (Wildman–Crippen MR) is 74.3 cm³/mol. The van der Waals surface area contributed by atoms with E-state index in [4.69, 9.17) is 0 Å². The van der Waals surface area contributed by atoms with Crippen LogP contribution >= 0.6 is 0 Å². The van der Waals surface area contributed by atoms with Gasteiger partial charge in [0.1, 0.15) is 0 Å². The molecule has 2 fully saturated rings. The van der Waals surface area contributed by atoms with Crippen molar-refractivity contribution in [1.29, 1.82) is 0 Å². The van der Waals surface area contributed by atoms with Gasteiger partial charge in [-0.1, -0.05) is 27.7 Å². The molecular weight excluding hydrogens is 208 g/mol. The summed E-state index contributed by atoms with van der Waals surface area (Å²) in [6.45, 7) is 17.3. The maximum atomic E-state index is 2.72. The van der Waals surface area contributed by atoms with E-state index in [1.807, 2.05) is 0 Å². The van der Waals surface area contributed by atoms with Gasteiger partial charge in [-0.05, 0) is 49.7 Å². The third kappa shape index (κ3) is 3.03. The average molecular weight is 238 g/mol. The number of nitrogens with zero attached hydrogens (tertiary/aromatic N) is 2. The highest BCUT2D eigenvalue weighted by atomic mass is 15.2. The summed E-state index contributed by atoms with van der Waals surface area (Å²) in [5.41, 5.74) is 1.15. The van der Waals surface area contributed by atoms with Crippen molar-refractivity contribution < 1.29 is 0 Å². The topological polar surface area (TPSA) is 6.48 Å². The first kappa shape index (κ1) is 13.4. The van der Waals surface area contributed by atoms with Gasteiger partial charge in [-0.15, -0.1) is 0 Å². The maximum absolute atomic E-state index is 2.72. The minimum Gasteiger partial charge on any atom is -0.303 e. The second-order valence-corrected chi connectivity index (χ2v) is 7.10. The fraction of sp³-hybridized carbons (Fsp3) is 1.00. The summed E-state index contributed by atoms with van der Waals surface area (Å²) in [6.07, 6.45) is 4.16. The predicted octanol–water partition coefficient (Wildman–Crippen LogP) is 2.84. The zero-order valence-corrected chi connectivity index (χ0v) is 12.3. The summed E-state index contributed by atoms with van der Waals surface area (Å²) >= 11 is 0. The van der Waals surface area contributed by atoms with E-state index in [1.165, 1.54) is 58.5 Å². The Morgan fingerprint density at radius 2 is 1.59 bits per heavy atom. The van der Waals surface area contributed by atoms with Crippen LogP contribution in [0.1, 0.15) is 47.0 Å². The Morgan fingerprint density at radius 1 is 1.00 bits per heavy atom. The van der Waals surface area contributed by atoms with Gasteiger partial charge in [0, 0.05) is 19.6 Å². The number of likely N-dealkylation sites (tertiary alicyclic amines) is 2. The lowest BCUT2D eigenvalue weighted by Crippen LogP contribution is -2.35. The van der Waals surface area contributed by atoms with Crippen LogP contribution in [0, 0.1) is 10.8 Å². The van der Waals surface area contributed by atoms with Crippen molar-refractivity contribution >= 4 is 0 Å². The monoisotopic (exact) mass is 238 g/mol. The molecule has 0 radical (unpaired) electrons. The summed E-state index contributed by atoms with van der Waals surface area (Å²) in [7, 11) is 0. The van der Waals surface area contributed by atoms with E-state index in [-0.39, 0.29) is 0 Å². The number of rotatable bonds is 4. The van der Waals surface area contributed by atoms with Gasteiger partial charge in [-0.25, -0.2) is 0 Å². The lowest BCUT2D eigenvalue weighted by Gasteiger charge is -2.30. The molecule has 1 unspecified atom stereocenters. The van der Waals surface area contributed by atoms with Gasteiger partial charge in [0.05, 0.1) is 0 Å². The number of hydrogen-bond acceptors (Lipinski definition) is 2. The molecule has 2 rings (SSSR count). The van der Waals surface area contributed by atoms with E-state index >= 15 is 0 Å². The van der Waals surface area contributed by atoms with Gasteiger partial charge in [-0.2, -0.15) is 0 Å². The highest BCUT2D eigenvalue weighted by molar-refractivity contribution is 4.97. The van der Waals surface area contributed by atoms with Crippen LogP contribution in [0.2, 0.25) is 0 Å². The minimum atomic E-state index is 0.495. The molecule has 2 saturated heterocycles. The molecule has 0 N–H and O–H groups in total. The molecule has 0 aromatic carbocycles. The smallest absolute Gasteiger partial charge is 0.00514 e. The van der Waals surface area contributed by atoms with Crippen molar-refractivity contribution in [3.8, 4) is 0 Å². The molecule has 2 aliphatic rings. The first-order chi connectivity index (χ1) is 7.99. The van der Waals surface area contributed by atoms with E-state index in [0.29, 0.717) is 10.8 Å². The summed E-state index contributed by atoms with van der Waals surface area (Å²) < 4.78 is 0. The first-order valence-electron chi connectivity index (χ1n) is 7.43. The van der Waals surface area contributed by atoms with Crippen molar-refractivity contribution in [3.63, 3.8) is 0 Å². The minimum absolute atomic E-state index is 0.495. The Balaban J connectivity index is 1.88. The molecule has 1 spiro atoms. The summed E-state index contributed by atoms with van der Waals surface area (Å²) in [5, 5.41) is 0. The molecule has 0 saturated carbocycles. The highest BCUT2D eigenvalue weighted by Crippen LogP contribution is 2.40. The third-order valence-electron chi connectivity index (χ3n) is 5.09. The van der Waals surface area contributed by atoms with Gasteiger partial charge < -0.3 is 9.80 Å². The van der Waals surface area contributed by atoms with Crippen molar-refractivity contribution in [2.45, 2.75) is 47.0 Å². The van der Waals surface area contributed by atoms with Crippen LogP contribution in [-0.4, -0.2) is 49.1 Å². The molecule has 0 aromatic heterocycles. The average Bonchev–Trinajstić information content (AvgIpc) is 2.87. The fourth-order valence-corrected chi connectivity index (χ4v) is 3.51. The van der Waals surface area contributed by atoms with Crippen LogP contribution in [0.4, 0.5) is 0 Å². The third-order valence-corrected chi connectivity index (χ3v) is 5.09. The second kappa shape index (κ2) is 4.89. The van der Waals surface area contributed by atoms with E-state index in [0.717, 1.165) is 0 Å². The molecule has 2 heterocycles. The van der Waals surface area contributed by atoms with Crippen LogP contribution in [0.15, 0.2) is 0 Å². The van der Waals surface area contributed by atoms with Crippen LogP contribution in [0.5, 0.6) is 0 Å². The normalized spacial score (nSPS) is 31.8. The lowest BCUT2D eigenvalue weighted by molar-refractivity contribution is 0.179. The second-order valence-electron chi connectivity index (χ2n) is 7.10. The molecule has 1 atom stereocenters. The van der Waals surface area contributed by atoms with Crippen molar-refractivity contribution in [2.75, 3.05) is 39.3 Å². The molecular formula is C15H30N2. The molecule has 0 amide bonds. The molecule has 0 aliphatic carbocycles. The Labute approximate surface area is 107 Å². The van der Waals surface area contributed by atoms with Crippen molar-refractivity contribution in [3.05, 3.63) is 0 Å². The van der Waals surface area contributed by atoms with Crippen LogP contribution in [0.3, 0.4) is 0 Å². The van der Waals surface area contributed by atoms with E-state index in [2.05, 4.69) is 37.5 Å². The molecule has 17 heavy (non-hydrogen) atoms. The van der Waals surface area contributed by atoms with Gasteiger partial charge in [0.15, 0.2) is 0 Å². The largest absolute Gasteiger partial charge is 0.303 e. The Bertz CT molecular complexity index is 262. The molecule has 0 aromatic rings. The summed E-state index contributed by atoms with van der Waals surface area (Å²) in [4.78, 5) is 5.36. The Kier molecular flexibility index (Phi) is 3.84. The Hall–Kier alpha value is -0.0800. The van der Waals surface area contributed by atoms with E-state index < -0.39 is 0 Å². The molecule has 100 valence electrons. The molecule has 0 bridgehead atoms. The molecule has 2 heteroatoms. The van der Waals surface area contributed by atoms with Gasteiger partial charge >= 0.3 is 0 Å². The quantitative estimate of drug-likeness (QED) is 0.743. The lowest BCUT2D eigenvalue weighted by atomic mass is 9.86. The SMILES string of the molecule is CCN1CCC2(CCN(CC(C)(C)CC)C2)C1. The van der Waals surface area contributed by atoms with E-state index in [1.54, 1.807) is 0 Å². The van der Waals surface area contributed by atoms with Crippen LogP contribution < -0.4 is 0 Å². The molecule has 2 nitrogen and oxygen atoms in total. The van der Waals surface area contributed by atoms with Gasteiger partial charge in [0.25, 0.3) is 0 Å². The standard InChI is InChI=1S/C15H30N2/c1-5-14(3,4)11-17-10-8-15(13-17)7-9-16(6-2)12-15/h5-13H2,1-4H3. The zero-order chi connectivity index (χ0) is 12.5. The Morgan fingerprint density at radius 3 is 2.12 bits per heavy atom. The maximum Gasteiger partial charge on any atom is 0.00514 e. The van der Waals surface area contributed by atoms with Gasteiger partial charge in [0.2, 0.25) is 0 Å². The zero-order valence-electron chi connectivity index (χ0n) is 12.3. The first-order valence-corrected chi connectivity index (χ1v) is 7.43. The summed E-state index contributed by atoms with van der Waals surface area (Å²) in [5.74, 6) is 0. The van der Waals surface area contributed by atoms with E-state index in [9.17, 15) is 0 Å². The van der Waals surface area contributed by atoms with Crippen molar-refractivity contribution in [2.24, 2.45) is 10.8 Å². The number of hydrogen-bond donors (Lipinski definition) is 0. The van der Waals surface area contributed by atoms with Crippen LogP contribution in [-0.2, 0) is 0 Å². The van der Waals surface area contributed by atoms with Crippen LogP contribution in [0.25, 0.3) is 0 Å². The van der Waals surface area contributed by atoms with Crippen molar-refractivity contribution in [1.82, 2.24) is 9.80 Å². The molecule has 2 aliphatic heterocycles. The van der Waals surface area contributed by atoms with Gasteiger partial charge in [-0.3, -0.25) is 0 Å². The fourth-order valence-electron chi connectivity index (χ4n) is 3.51.